The number of pyridine rings is 1. The van der Waals surface area contributed by atoms with E-state index in [1.54, 1.807) is 31.3 Å². The van der Waals surface area contributed by atoms with Crippen LogP contribution in [0, 0.1) is 11.6 Å². The van der Waals surface area contributed by atoms with Crippen molar-refractivity contribution in [2.45, 2.75) is 11.8 Å². The molecule has 0 atom stereocenters. The molecule has 3 rings (SSSR count). The maximum atomic E-state index is 14.0. The van der Waals surface area contributed by atoms with Gasteiger partial charge in [0.1, 0.15) is 16.5 Å². The van der Waals surface area contributed by atoms with Gasteiger partial charge in [-0.1, -0.05) is 18.2 Å². The minimum atomic E-state index is -4.19. The molecule has 3 aromatic rings. The molecule has 1 aromatic heterocycles. The lowest BCUT2D eigenvalue weighted by Gasteiger charge is -2.24. The summed E-state index contributed by atoms with van der Waals surface area (Å²) in [6.07, 6.45) is 1.56. The van der Waals surface area contributed by atoms with Crippen LogP contribution in [0.5, 0.6) is 0 Å². The summed E-state index contributed by atoms with van der Waals surface area (Å²) in [6.45, 7) is 1.72. The molecule has 0 spiro atoms. The minimum absolute atomic E-state index is 0.0782. The number of hydrogen-bond acceptors (Lipinski definition) is 3. The first-order valence-electron chi connectivity index (χ1n) is 7.26. The van der Waals surface area contributed by atoms with E-state index in [1.807, 2.05) is 12.1 Å². The quantitative estimate of drug-likeness (QED) is 0.722. The lowest BCUT2D eigenvalue weighted by Crippen LogP contribution is -2.31. The highest BCUT2D eigenvalue weighted by Crippen LogP contribution is 2.30. The number of fused-ring (bicyclic) bond motifs is 1. The number of hydrogen-bond donors (Lipinski definition) is 0. The molecule has 124 valence electrons. The van der Waals surface area contributed by atoms with Gasteiger partial charge in [0.15, 0.2) is 0 Å². The Morgan fingerprint density at radius 1 is 1.08 bits per heavy atom. The highest BCUT2D eigenvalue weighted by Gasteiger charge is 2.28. The number of halogens is 2. The molecular weight excluding hydrogens is 334 g/mol. The van der Waals surface area contributed by atoms with Crippen LogP contribution < -0.4 is 4.31 Å². The highest BCUT2D eigenvalue weighted by atomic mass is 32.2. The van der Waals surface area contributed by atoms with Crippen LogP contribution >= 0.6 is 0 Å². The number of nitrogens with zero attached hydrogens (tertiary/aromatic N) is 2. The van der Waals surface area contributed by atoms with E-state index in [1.165, 1.54) is 0 Å². The Balaban J connectivity index is 2.20. The molecule has 7 heteroatoms. The van der Waals surface area contributed by atoms with Gasteiger partial charge in [0.25, 0.3) is 10.0 Å². The van der Waals surface area contributed by atoms with Crippen LogP contribution in [-0.4, -0.2) is 19.9 Å². The molecule has 2 aromatic carbocycles. The van der Waals surface area contributed by atoms with E-state index in [0.29, 0.717) is 17.3 Å². The van der Waals surface area contributed by atoms with Gasteiger partial charge in [-0.2, -0.15) is 0 Å². The first-order valence-corrected chi connectivity index (χ1v) is 8.70. The van der Waals surface area contributed by atoms with Crippen molar-refractivity contribution in [3.05, 3.63) is 66.4 Å². The van der Waals surface area contributed by atoms with Gasteiger partial charge < -0.3 is 0 Å². The van der Waals surface area contributed by atoms with E-state index in [2.05, 4.69) is 4.98 Å². The molecule has 0 saturated carbocycles. The fourth-order valence-corrected chi connectivity index (χ4v) is 4.09. The van der Waals surface area contributed by atoms with Crippen molar-refractivity contribution >= 4 is 26.6 Å². The molecule has 0 radical (unpaired) electrons. The number of anilines is 1. The largest absolute Gasteiger partial charge is 0.267 e. The molecule has 0 amide bonds. The van der Waals surface area contributed by atoms with Gasteiger partial charge in [-0.05, 0) is 31.2 Å². The van der Waals surface area contributed by atoms with Crippen molar-refractivity contribution in [2.24, 2.45) is 0 Å². The van der Waals surface area contributed by atoms with E-state index in [4.69, 9.17) is 0 Å². The second kappa shape index (κ2) is 6.16. The molecule has 4 nitrogen and oxygen atoms in total. The Morgan fingerprint density at radius 2 is 1.83 bits per heavy atom. The van der Waals surface area contributed by atoms with Crippen LogP contribution in [-0.2, 0) is 10.0 Å². The van der Waals surface area contributed by atoms with E-state index >= 15 is 0 Å². The fourth-order valence-electron chi connectivity index (χ4n) is 2.56. The molecule has 0 aliphatic rings. The Kier molecular flexibility index (Phi) is 4.19. The molecule has 0 N–H and O–H groups in total. The van der Waals surface area contributed by atoms with E-state index < -0.39 is 26.6 Å². The smallest absolute Gasteiger partial charge is 0.264 e. The number of para-hydroxylation sites is 1. The van der Waals surface area contributed by atoms with Crippen molar-refractivity contribution in [1.82, 2.24) is 4.98 Å². The number of benzene rings is 2. The molecule has 0 fully saturated rings. The van der Waals surface area contributed by atoms with Gasteiger partial charge in [-0.15, -0.1) is 0 Å². The molecule has 0 bridgehead atoms. The normalized spacial score (nSPS) is 11.6. The third-order valence-electron chi connectivity index (χ3n) is 3.63. The first kappa shape index (κ1) is 16.3. The minimum Gasteiger partial charge on any atom is -0.264 e. The Hall–Kier alpha value is -2.54. The summed E-state index contributed by atoms with van der Waals surface area (Å²) in [4.78, 5) is 3.66. The summed E-state index contributed by atoms with van der Waals surface area (Å²) in [5, 5.41) is 0.767. The summed E-state index contributed by atoms with van der Waals surface area (Å²) >= 11 is 0. The average molecular weight is 348 g/mol. The van der Waals surface area contributed by atoms with E-state index in [0.717, 1.165) is 21.8 Å². The highest BCUT2D eigenvalue weighted by molar-refractivity contribution is 7.92. The molecular formula is C17H14F2N2O2S. The molecule has 0 aliphatic carbocycles. The van der Waals surface area contributed by atoms with Crippen molar-refractivity contribution in [1.29, 1.82) is 0 Å². The van der Waals surface area contributed by atoms with Gasteiger partial charge in [0.2, 0.25) is 0 Å². The number of sulfonamides is 1. The predicted molar refractivity (Wildman–Crippen MR) is 88.3 cm³/mol. The molecule has 0 aliphatic heterocycles. The van der Waals surface area contributed by atoms with Crippen molar-refractivity contribution in [3.63, 3.8) is 0 Å². The Bertz CT molecular complexity index is 1000. The summed E-state index contributed by atoms with van der Waals surface area (Å²) < 4.78 is 53.9. The Morgan fingerprint density at radius 3 is 2.54 bits per heavy atom. The van der Waals surface area contributed by atoms with E-state index in [-0.39, 0.29) is 6.54 Å². The maximum absolute atomic E-state index is 14.0. The van der Waals surface area contributed by atoms with Gasteiger partial charge in [0.05, 0.1) is 11.2 Å². The molecule has 0 unspecified atom stereocenters. The zero-order chi connectivity index (χ0) is 17.3. The summed E-state index contributed by atoms with van der Waals surface area (Å²) in [5.74, 6) is -1.96. The van der Waals surface area contributed by atoms with Gasteiger partial charge in [0, 0.05) is 24.2 Å². The fraction of sp³-hybridized carbons (Fsp3) is 0.118. The summed E-state index contributed by atoms with van der Waals surface area (Å²) in [7, 11) is -4.19. The second-order valence-corrected chi connectivity index (χ2v) is 6.93. The van der Waals surface area contributed by atoms with Crippen LogP contribution in [0.1, 0.15) is 6.92 Å². The van der Waals surface area contributed by atoms with E-state index in [9.17, 15) is 17.2 Å². The first-order chi connectivity index (χ1) is 11.4. The topological polar surface area (TPSA) is 50.3 Å². The van der Waals surface area contributed by atoms with Gasteiger partial charge >= 0.3 is 0 Å². The van der Waals surface area contributed by atoms with Crippen LogP contribution in [0.2, 0.25) is 0 Å². The molecule has 24 heavy (non-hydrogen) atoms. The maximum Gasteiger partial charge on any atom is 0.267 e. The van der Waals surface area contributed by atoms with Crippen LogP contribution in [0.4, 0.5) is 14.5 Å². The Labute approximate surface area is 138 Å². The van der Waals surface area contributed by atoms with Gasteiger partial charge in [-0.25, -0.2) is 17.2 Å². The van der Waals surface area contributed by atoms with Crippen molar-refractivity contribution in [3.8, 4) is 0 Å². The summed E-state index contributed by atoms with van der Waals surface area (Å²) in [5.41, 5.74) is 0.840. The lowest BCUT2D eigenvalue weighted by molar-refractivity contribution is 0.547. The average Bonchev–Trinajstić information content (AvgIpc) is 2.55. The molecule has 1 heterocycles. The zero-order valence-electron chi connectivity index (χ0n) is 12.8. The molecule has 0 saturated heterocycles. The van der Waals surface area contributed by atoms with Gasteiger partial charge in [-0.3, -0.25) is 9.29 Å². The van der Waals surface area contributed by atoms with Crippen LogP contribution in [0.25, 0.3) is 10.9 Å². The van der Waals surface area contributed by atoms with Crippen molar-refractivity contribution in [2.75, 3.05) is 10.8 Å². The predicted octanol–water partition coefficient (Wildman–Crippen LogP) is 3.73. The third-order valence-corrected chi connectivity index (χ3v) is 5.55. The van der Waals surface area contributed by atoms with Crippen LogP contribution in [0.3, 0.4) is 0 Å². The SMILES string of the molecule is CCN(c1cccc2cccnc12)S(=O)(=O)c1ccc(F)cc1F. The third kappa shape index (κ3) is 2.71. The standard InChI is InChI=1S/C17H14F2N2O2S/c1-2-21(15-7-3-5-12-6-4-10-20-17(12)15)24(22,23)16-9-8-13(18)11-14(16)19/h3-11H,2H2,1H3. The number of aromatic nitrogens is 1. The lowest BCUT2D eigenvalue weighted by atomic mass is 10.2. The van der Waals surface area contributed by atoms with Crippen molar-refractivity contribution < 1.29 is 17.2 Å². The second-order valence-electron chi connectivity index (χ2n) is 5.10. The monoisotopic (exact) mass is 348 g/mol. The summed E-state index contributed by atoms with van der Waals surface area (Å²) in [6, 6.07) is 11.1. The van der Waals surface area contributed by atoms with Crippen LogP contribution in [0.15, 0.2) is 59.6 Å². The zero-order valence-corrected chi connectivity index (χ0v) is 13.6. The number of rotatable bonds is 4.